The van der Waals surface area contributed by atoms with Crippen molar-refractivity contribution < 1.29 is 14.0 Å². The first-order valence-corrected chi connectivity index (χ1v) is 9.65. The highest BCUT2D eigenvalue weighted by molar-refractivity contribution is 7.14. The molecule has 29 heavy (non-hydrogen) atoms. The van der Waals surface area contributed by atoms with Crippen LogP contribution in [0.2, 0.25) is 0 Å². The van der Waals surface area contributed by atoms with E-state index < -0.39 is 11.5 Å². The fourth-order valence-corrected chi connectivity index (χ4v) is 3.83. The summed E-state index contributed by atoms with van der Waals surface area (Å²) in [6.45, 7) is 0. The fourth-order valence-electron chi connectivity index (χ4n) is 3.05. The maximum absolute atomic E-state index is 12.8. The Morgan fingerprint density at radius 3 is 2.55 bits per heavy atom. The van der Waals surface area contributed by atoms with E-state index in [1.54, 1.807) is 31.6 Å². The highest BCUT2D eigenvalue weighted by atomic mass is 32.1. The van der Waals surface area contributed by atoms with Crippen LogP contribution in [-0.2, 0) is 0 Å². The maximum Gasteiger partial charge on any atom is 0.349 e. The molecule has 2 heterocycles. The summed E-state index contributed by atoms with van der Waals surface area (Å²) in [6.07, 6.45) is 0. The van der Waals surface area contributed by atoms with Crippen LogP contribution in [-0.4, -0.2) is 30.9 Å². The van der Waals surface area contributed by atoms with Crippen LogP contribution in [0.1, 0.15) is 20.7 Å². The normalized spacial score (nSPS) is 11.1. The van der Waals surface area contributed by atoms with Gasteiger partial charge in [-0.25, -0.2) is 9.80 Å². The van der Waals surface area contributed by atoms with Crippen molar-refractivity contribution in [3.05, 3.63) is 75.5 Å². The summed E-state index contributed by atoms with van der Waals surface area (Å²) in [7, 11) is 3.38. The standard InChI is InChI=1S/C21H17N3O4S/c1-24(2)23-19(26)14-9-10-29-20(14)22-18(25)16-11-15-13-6-4-3-5-12(13)7-8-17(15)28-21(16)27/h3-11H,1-2H3,(H,22,25)(H,23,26). The summed E-state index contributed by atoms with van der Waals surface area (Å²) < 4.78 is 5.37. The van der Waals surface area contributed by atoms with E-state index in [1.807, 2.05) is 30.3 Å². The molecule has 0 aliphatic heterocycles. The highest BCUT2D eigenvalue weighted by Gasteiger charge is 2.19. The minimum absolute atomic E-state index is 0.124. The minimum atomic E-state index is -0.735. The molecule has 2 N–H and O–H groups in total. The highest BCUT2D eigenvalue weighted by Crippen LogP contribution is 2.26. The van der Waals surface area contributed by atoms with E-state index in [-0.39, 0.29) is 11.5 Å². The lowest BCUT2D eigenvalue weighted by molar-refractivity contribution is 0.0858. The van der Waals surface area contributed by atoms with Crippen molar-refractivity contribution >= 4 is 49.9 Å². The third kappa shape index (κ3) is 3.63. The molecular weight excluding hydrogens is 390 g/mol. The topological polar surface area (TPSA) is 91.7 Å². The van der Waals surface area contributed by atoms with Crippen LogP contribution in [0, 0.1) is 0 Å². The van der Waals surface area contributed by atoms with Crippen molar-refractivity contribution in [1.29, 1.82) is 0 Å². The number of rotatable bonds is 4. The van der Waals surface area contributed by atoms with Crippen LogP contribution < -0.4 is 16.4 Å². The molecule has 4 aromatic rings. The molecule has 0 saturated carbocycles. The minimum Gasteiger partial charge on any atom is -0.422 e. The van der Waals surface area contributed by atoms with Gasteiger partial charge in [0.2, 0.25) is 0 Å². The summed E-state index contributed by atoms with van der Waals surface area (Å²) in [4.78, 5) is 37.5. The van der Waals surface area contributed by atoms with Gasteiger partial charge in [-0.1, -0.05) is 30.3 Å². The number of hydrogen-bond acceptors (Lipinski definition) is 6. The molecule has 2 aromatic heterocycles. The van der Waals surface area contributed by atoms with E-state index in [2.05, 4.69) is 10.7 Å². The van der Waals surface area contributed by atoms with Gasteiger partial charge in [-0.15, -0.1) is 11.3 Å². The van der Waals surface area contributed by atoms with Gasteiger partial charge in [0.05, 0.1) is 5.56 Å². The number of benzene rings is 2. The number of carbonyl (C=O) groups excluding carboxylic acids is 2. The van der Waals surface area contributed by atoms with Gasteiger partial charge in [-0.05, 0) is 34.4 Å². The Bertz CT molecular complexity index is 1310. The molecule has 2 amide bonds. The van der Waals surface area contributed by atoms with Crippen molar-refractivity contribution in [3.63, 3.8) is 0 Å². The summed E-state index contributed by atoms with van der Waals surface area (Å²) in [5, 5.41) is 8.73. The first-order chi connectivity index (χ1) is 13.9. The largest absolute Gasteiger partial charge is 0.422 e. The molecule has 0 unspecified atom stereocenters. The van der Waals surface area contributed by atoms with Crippen LogP contribution in [0.4, 0.5) is 5.00 Å². The van der Waals surface area contributed by atoms with Gasteiger partial charge in [0, 0.05) is 19.5 Å². The van der Waals surface area contributed by atoms with Gasteiger partial charge in [-0.2, -0.15) is 0 Å². The second-order valence-corrected chi connectivity index (χ2v) is 7.52. The Kier molecular flexibility index (Phi) is 4.87. The van der Waals surface area contributed by atoms with E-state index in [1.165, 1.54) is 22.4 Å². The molecule has 0 radical (unpaired) electrons. The van der Waals surface area contributed by atoms with Gasteiger partial charge in [-0.3, -0.25) is 15.0 Å². The number of nitrogens with zero attached hydrogens (tertiary/aromatic N) is 1. The summed E-state index contributed by atoms with van der Waals surface area (Å²) in [6, 6.07) is 14.4. The summed E-state index contributed by atoms with van der Waals surface area (Å²) in [5.41, 5.74) is 2.49. The van der Waals surface area contributed by atoms with Crippen LogP contribution >= 0.6 is 11.3 Å². The zero-order chi connectivity index (χ0) is 20.5. The number of anilines is 1. The van der Waals surface area contributed by atoms with Gasteiger partial charge in [0.1, 0.15) is 16.1 Å². The Balaban J connectivity index is 1.72. The lowest BCUT2D eigenvalue weighted by Crippen LogP contribution is -2.36. The Hall–Kier alpha value is -3.49. The molecule has 146 valence electrons. The van der Waals surface area contributed by atoms with Crippen LogP contribution in [0.3, 0.4) is 0 Å². The van der Waals surface area contributed by atoms with E-state index in [4.69, 9.17) is 4.42 Å². The van der Waals surface area contributed by atoms with Crippen molar-refractivity contribution in [2.75, 3.05) is 19.4 Å². The number of amides is 2. The van der Waals surface area contributed by atoms with Gasteiger partial charge >= 0.3 is 5.63 Å². The molecule has 0 bridgehead atoms. The van der Waals surface area contributed by atoms with Crippen LogP contribution in [0.25, 0.3) is 21.7 Å². The number of carbonyl (C=O) groups is 2. The molecule has 4 rings (SSSR count). The molecule has 0 saturated heterocycles. The Morgan fingerprint density at radius 1 is 0.966 bits per heavy atom. The first kappa shape index (κ1) is 18.9. The molecule has 8 heteroatoms. The lowest BCUT2D eigenvalue weighted by atomic mass is 10.0. The monoisotopic (exact) mass is 407 g/mol. The third-order valence-corrected chi connectivity index (χ3v) is 5.18. The molecule has 0 atom stereocenters. The molecule has 0 spiro atoms. The van der Waals surface area contributed by atoms with Crippen molar-refractivity contribution in [2.24, 2.45) is 0 Å². The molecule has 7 nitrogen and oxygen atoms in total. The zero-order valence-electron chi connectivity index (χ0n) is 15.7. The Morgan fingerprint density at radius 2 is 1.76 bits per heavy atom. The SMILES string of the molecule is CN(C)NC(=O)c1ccsc1NC(=O)c1cc2c(ccc3ccccc32)oc1=O. The van der Waals surface area contributed by atoms with E-state index in [9.17, 15) is 14.4 Å². The smallest absolute Gasteiger partial charge is 0.349 e. The lowest BCUT2D eigenvalue weighted by Gasteiger charge is -2.12. The van der Waals surface area contributed by atoms with Gasteiger partial charge in [0.15, 0.2) is 0 Å². The quantitative estimate of drug-likeness (QED) is 0.307. The van der Waals surface area contributed by atoms with Crippen LogP contribution in [0.15, 0.2) is 63.1 Å². The summed E-state index contributed by atoms with van der Waals surface area (Å²) in [5.74, 6) is -0.988. The molecule has 0 fully saturated rings. The van der Waals surface area contributed by atoms with Gasteiger partial charge in [0.25, 0.3) is 11.8 Å². The second kappa shape index (κ2) is 7.50. The predicted octanol–water partition coefficient (Wildman–Crippen LogP) is 3.47. The molecule has 0 aliphatic rings. The number of fused-ring (bicyclic) bond motifs is 3. The number of thiophene rings is 1. The van der Waals surface area contributed by atoms with Gasteiger partial charge < -0.3 is 9.73 Å². The number of nitrogens with one attached hydrogen (secondary N) is 2. The fraction of sp³-hybridized carbons (Fsp3) is 0.0952. The second-order valence-electron chi connectivity index (χ2n) is 6.60. The molecule has 2 aromatic carbocycles. The third-order valence-electron chi connectivity index (χ3n) is 4.35. The zero-order valence-corrected chi connectivity index (χ0v) is 16.5. The number of hydrogen-bond donors (Lipinski definition) is 2. The number of hydrazine groups is 1. The summed E-state index contributed by atoms with van der Waals surface area (Å²) >= 11 is 1.20. The first-order valence-electron chi connectivity index (χ1n) is 8.77. The molecular formula is C21H17N3O4S. The Labute approximate surface area is 169 Å². The van der Waals surface area contributed by atoms with E-state index in [0.29, 0.717) is 21.5 Å². The maximum atomic E-state index is 12.8. The average molecular weight is 407 g/mol. The molecule has 0 aliphatic carbocycles. The van der Waals surface area contributed by atoms with E-state index in [0.717, 1.165) is 10.8 Å². The van der Waals surface area contributed by atoms with Crippen molar-refractivity contribution in [3.8, 4) is 0 Å². The predicted molar refractivity (Wildman–Crippen MR) is 113 cm³/mol. The van der Waals surface area contributed by atoms with Crippen molar-refractivity contribution in [1.82, 2.24) is 10.4 Å². The average Bonchev–Trinajstić information content (AvgIpc) is 3.15. The van der Waals surface area contributed by atoms with E-state index >= 15 is 0 Å². The van der Waals surface area contributed by atoms with Crippen LogP contribution in [0.5, 0.6) is 0 Å². The van der Waals surface area contributed by atoms with Crippen molar-refractivity contribution in [2.45, 2.75) is 0 Å².